The average Bonchev–Trinajstić information content (AvgIpc) is 3.01. The first kappa shape index (κ1) is 15.0. The van der Waals surface area contributed by atoms with E-state index in [9.17, 15) is 9.90 Å². The summed E-state index contributed by atoms with van der Waals surface area (Å²) in [5, 5.41) is 10.3. The first-order valence-electron chi connectivity index (χ1n) is 7.54. The van der Waals surface area contributed by atoms with Crippen LogP contribution in [0.25, 0.3) is 0 Å². The molecular formula is C17H24O3. The number of ether oxygens (including phenoxy) is 1. The SMILES string of the molecule is COC(=O)CCCc1ccc(C(O)C2CCCC2)cc1. The van der Waals surface area contributed by atoms with Crippen LogP contribution in [0.5, 0.6) is 0 Å². The Morgan fingerprint density at radius 1 is 1.30 bits per heavy atom. The molecule has 0 radical (unpaired) electrons. The van der Waals surface area contributed by atoms with E-state index in [-0.39, 0.29) is 12.1 Å². The van der Waals surface area contributed by atoms with Crippen LogP contribution in [0.2, 0.25) is 0 Å². The van der Waals surface area contributed by atoms with Crippen molar-refractivity contribution in [3.63, 3.8) is 0 Å². The second kappa shape index (κ2) is 7.44. The summed E-state index contributed by atoms with van der Waals surface area (Å²) >= 11 is 0. The van der Waals surface area contributed by atoms with E-state index in [1.165, 1.54) is 25.5 Å². The molecule has 1 atom stereocenters. The first-order chi connectivity index (χ1) is 9.70. The third kappa shape index (κ3) is 4.07. The lowest BCUT2D eigenvalue weighted by Gasteiger charge is -2.18. The number of benzene rings is 1. The zero-order valence-corrected chi connectivity index (χ0v) is 12.2. The molecule has 0 aromatic heterocycles. The van der Waals surface area contributed by atoms with Gasteiger partial charge in [-0.1, -0.05) is 37.1 Å². The maximum atomic E-state index is 11.0. The van der Waals surface area contributed by atoms with E-state index in [0.29, 0.717) is 12.3 Å². The van der Waals surface area contributed by atoms with E-state index in [1.807, 2.05) is 12.1 Å². The Morgan fingerprint density at radius 2 is 1.95 bits per heavy atom. The molecular weight excluding hydrogens is 252 g/mol. The summed E-state index contributed by atoms with van der Waals surface area (Å²) in [5.41, 5.74) is 2.23. The van der Waals surface area contributed by atoms with Gasteiger partial charge < -0.3 is 9.84 Å². The van der Waals surface area contributed by atoms with E-state index in [1.54, 1.807) is 0 Å². The Labute approximate surface area is 121 Å². The largest absolute Gasteiger partial charge is 0.469 e. The molecule has 1 unspecified atom stereocenters. The van der Waals surface area contributed by atoms with Crippen LogP contribution in [-0.2, 0) is 16.0 Å². The third-order valence-electron chi connectivity index (χ3n) is 4.24. The van der Waals surface area contributed by atoms with Crippen LogP contribution in [0.15, 0.2) is 24.3 Å². The van der Waals surface area contributed by atoms with Gasteiger partial charge in [0.2, 0.25) is 0 Å². The van der Waals surface area contributed by atoms with Gasteiger partial charge in [-0.3, -0.25) is 4.79 Å². The van der Waals surface area contributed by atoms with Crippen molar-refractivity contribution < 1.29 is 14.6 Å². The molecule has 2 rings (SSSR count). The molecule has 110 valence electrons. The minimum absolute atomic E-state index is 0.154. The Morgan fingerprint density at radius 3 is 2.55 bits per heavy atom. The second-order valence-electron chi connectivity index (χ2n) is 5.66. The van der Waals surface area contributed by atoms with Gasteiger partial charge in [0.1, 0.15) is 0 Å². The summed E-state index contributed by atoms with van der Waals surface area (Å²) in [5.74, 6) is 0.276. The van der Waals surface area contributed by atoms with Gasteiger partial charge in [-0.25, -0.2) is 0 Å². The quantitative estimate of drug-likeness (QED) is 0.810. The number of aliphatic hydroxyl groups is 1. The van der Waals surface area contributed by atoms with Crippen molar-refractivity contribution in [2.24, 2.45) is 5.92 Å². The lowest BCUT2D eigenvalue weighted by molar-refractivity contribution is -0.140. The summed E-state index contributed by atoms with van der Waals surface area (Å²) in [6, 6.07) is 8.17. The zero-order chi connectivity index (χ0) is 14.4. The number of esters is 1. The van der Waals surface area contributed by atoms with Crippen molar-refractivity contribution in [2.45, 2.75) is 51.0 Å². The fourth-order valence-electron chi connectivity index (χ4n) is 2.97. The molecule has 0 amide bonds. The van der Waals surface area contributed by atoms with Crippen LogP contribution in [0.1, 0.15) is 55.8 Å². The highest BCUT2D eigenvalue weighted by atomic mass is 16.5. The van der Waals surface area contributed by atoms with Gasteiger partial charge in [-0.2, -0.15) is 0 Å². The molecule has 1 saturated carbocycles. The van der Waals surface area contributed by atoms with E-state index in [4.69, 9.17) is 0 Å². The Balaban J connectivity index is 1.84. The zero-order valence-electron chi connectivity index (χ0n) is 12.2. The average molecular weight is 276 g/mol. The summed E-state index contributed by atoms with van der Waals surface area (Å²) < 4.78 is 4.62. The minimum Gasteiger partial charge on any atom is -0.469 e. The summed E-state index contributed by atoms with van der Waals surface area (Å²) in [7, 11) is 1.42. The van der Waals surface area contributed by atoms with Gasteiger partial charge >= 0.3 is 5.97 Å². The van der Waals surface area contributed by atoms with Crippen molar-refractivity contribution >= 4 is 5.97 Å². The fraction of sp³-hybridized carbons (Fsp3) is 0.588. The molecule has 1 N–H and O–H groups in total. The number of carbonyl (C=O) groups excluding carboxylic acids is 1. The van der Waals surface area contributed by atoms with Crippen molar-refractivity contribution in [2.75, 3.05) is 7.11 Å². The molecule has 0 bridgehead atoms. The molecule has 1 aromatic rings. The predicted molar refractivity (Wildman–Crippen MR) is 78.3 cm³/mol. The number of rotatable bonds is 6. The number of hydrogen-bond donors (Lipinski definition) is 1. The van der Waals surface area contributed by atoms with Crippen LogP contribution in [-0.4, -0.2) is 18.2 Å². The molecule has 0 heterocycles. The van der Waals surface area contributed by atoms with E-state index >= 15 is 0 Å². The van der Waals surface area contributed by atoms with Crippen molar-refractivity contribution in [3.05, 3.63) is 35.4 Å². The normalized spacial score (nSPS) is 17.1. The number of methoxy groups -OCH3 is 1. The summed E-state index contributed by atoms with van der Waals surface area (Å²) in [4.78, 5) is 11.0. The van der Waals surface area contributed by atoms with Crippen LogP contribution >= 0.6 is 0 Å². The maximum absolute atomic E-state index is 11.0. The van der Waals surface area contributed by atoms with Crippen molar-refractivity contribution in [3.8, 4) is 0 Å². The number of hydrogen-bond acceptors (Lipinski definition) is 3. The van der Waals surface area contributed by atoms with Gasteiger partial charge in [-0.05, 0) is 42.7 Å². The molecule has 1 fully saturated rings. The minimum atomic E-state index is -0.318. The lowest BCUT2D eigenvalue weighted by atomic mass is 9.93. The van der Waals surface area contributed by atoms with E-state index < -0.39 is 0 Å². The topological polar surface area (TPSA) is 46.5 Å². The molecule has 1 aliphatic carbocycles. The van der Waals surface area contributed by atoms with Gasteiger partial charge in [-0.15, -0.1) is 0 Å². The van der Waals surface area contributed by atoms with Crippen molar-refractivity contribution in [1.82, 2.24) is 0 Å². The van der Waals surface area contributed by atoms with Crippen LogP contribution in [0.3, 0.4) is 0 Å². The third-order valence-corrected chi connectivity index (χ3v) is 4.24. The first-order valence-corrected chi connectivity index (χ1v) is 7.54. The standard InChI is InChI=1S/C17H24O3/c1-20-16(18)8-4-5-13-9-11-15(12-10-13)17(19)14-6-2-3-7-14/h9-12,14,17,19H,2-8H2,1H3. The molecule has 1 aromatic carbocycles. The van der Waals surface area contributed by atoms with Crippen LogP contribution in [0, 0.1) is 5.92 Å². The van der Waals surface area contributed by atoms with Crippen molar-refractivity contribution in [1.29, 1.82) is 0 Å². The maximum Gasteiger partial charge on any atom is 0.305 e. The monoisotopic (exact) mass is 276 g/mol. The van der Waals surface area contributed by atoms with Gasteiger partial charge in [0.25, 0.3) is 0 Å². The summed E-state index contributed by atoms with van der Waals surface area (Å²) in [6.45, 7) is 0. The van der Waals surface area contributed by atoms with Gasteiger partial charge in [0.15, 0.2) is 0 Å². The Kier molecular flexibility index (Phi) is 5.60. The van der Waals surface area contributed by atoms with Gasteiger partial charge in [0.05, 0.1) is 13.2 Å². The number of aryl methyl sites for hydroxylation is 1. The smallest absolute Gasteiger partial charge is 0.305 e. The molecule has 20 heavy (non-hydrogen) atoms. The fourth-order valence-corrected chi connectivity index (χ4v) is 2.97. The number of carbonyl (C=O) groups is 1. The predicted octanol–water partition coefficient (Wildman–Crippen LogP) is 3.41. The Hall–Kier alpha value is -1.35. The summed E-state index contributed by atoms with van der Waals surface area (Å²) in [6.07, 6.45) is 6.58. The number of aliphatic hydroxyl groups excluding tert-OH is 1. The molecule has 0 saturated heterocycles. The van der Waals surface area contributed by atoms with Crippen LogP contribution < -0.4 is 0 Å². The highest BCUT2D eigenvalue weighted by Gasteiger charge is 2.24. The molecule has 3 nitrogen and oxygen atoms in total. The van der Waals surface area contributed by atoms with E-state index in [2.05, 4.69) is 16.9 Å². The second-order valence-corrected chi connectivity index (χ2v) is 5.66. The highest BCUT2D eigenvalue weighted by molar-refractivity contribution is 5.69. The van der Waals surface area contributed by atoms with Crippen LogP contribution in [0.4, 0.5) is 0 Å². The van der Waals surface area contributed by atoms with E-state index in [0.717, 1.165) is 31.2 Å². The molecule has 1 aliphatic rings. The molecule has 0 aliphatic heterocycles. The molecule has 0 spiro atoms. The lowest BCUT2D eigenvalue weighted by Crippen LogP contribution is -2.08. The van der Waals surface area contributed by atoms with Gasteiger partial charge in [0, 0.05) is 6.42 Å². The molecule has 3 heteroatoms. The Bertz CT molecular complexity index is 418. The highest BCUT2D eigenvalue weighted by Crippen LogP contribution is 2.35.